The number of fused-ring (bicyclic) bond motifs is 1. The fraction of sp³-hybridized carbons (Fsp3) is 0.500. The second kappa shape index (κ2) is 3.65. The Bertz CT molecular complexity index is 457. The van der Waals surface area contributed by atoms with Gasteiger partial charge in [0.2, 0.25) is 0 Å². The molecule has 0 saturated heterocycles. The van der Waals surface area contributed by atoms with Crippen LogP contribution in [0.3, 0.4) is 0 Å². The van der Waals surface area contributed by atoms with Crippen LogP contribution in [-0.4, -0.2) is 14.4 Å². The Morgan fingerprint density at radius 2 is 2.13 bits per heavy atom. The summed E-state index contributed by atoms with van der Waals surface area (Å²) in [5.74, 6) is 0. The molecule has 0 spiro atoms. The van der Waals surface area contributed by atoms with Gasteiger partial charge in [-0.2, -0.15) is 0 Å². The molecule has 80 valence electrons. The van der Waals surface area contributed by atoms with Gasteiger partial charge < -0.3 is 0 Å². The van der Waals surface area contributed by atoms with Crippen molar-refractivity contribution in [3.8, 4) is 0 Å². The molecule has 0 aliphatic carbocycles. The monoisotopic (exact) mass is 203 g/mol. The number of hydrogen-bond donors (Lipinski definition) is 0. The van der Waals surface area contributed by atoms with E-state index in [4.69, 9.17) is 0 Å². The molecule has 0 saturated carbocycles. The van der Waals surface area contributed by atoms with Crippen LogP contribution in [0, 0.1) is 0 Å². The molecule has 0 aromatic carbocycles. The van der Waals surface area contributed by atoms with Crippen molar-refractivity contribution >= 4 is 5.65 Å². The maximum atomic E-state index is 4.49. The fourth-order valence-electron chi connectivity index (χ4n) is 1.94. The Morgan fingerprint density at radius 3 is 2.87 bits per heavy atom. The van der Waals surface area contributed by atoms with E-state index in [1.807, 2.05) is 16.9 Å². The number of nitrogens with zero attached hydrogens (tertiary/aromatic N) is 3. The van der Waals surface area contributed by atoms with E-state index in [0.717, 1.165) is 17.8 Å². The summed E-state index contributed by atoms with van der Waals surface area (Å²) < 4.78 is 1.94. The topological polar surface area (TPSA) is 30.2 Å². The molecule has 0 aliphatic heterocycles. The van der Waals surface area contributed by atoms with E-state index in [9.17, 15) is 0 Å². The van der Waals surface area contributed by atoms with Crippen LogP contribution in [0.2, 0.25) is 0 Å². The van der Waals surface area contributed by atoms with E-state index in [0.29, 0.717) is 0 Å². The van der Waals surface area contributed by atoms with E-state index in [-0.39, 0.29) is 5.41 Å². The Balaban J connectivity index is 2.42. The van der Waals surface area contributed by atoms with E-state index in [1.54, 1.807) is 6.20 Å². The van der Waals surface area contributed by atoms with Crippen molar-refractivity contribution in [2.24, 2.45) is 0 Å². The number of aromatic nitrogens is 3. The number of rotatable bonds is 3. The summed E-state index contributed by atoms with van der Waals surface area (Å²) in [6.07, 6.45) is 7.88. The lowest BCUT2D eigenvalue weighted by Crippen LogP contribution is -2.18. The molecule has 2 rings (SSSR count). The van der Waals surface area contributed by atoms with Crippen LogP contribution in [0.5, 0.6) is 0 Å². The predicted molar refractivity (Wildman–Crippen MR) is 60.9 cm³/mol. The Labute approximate surface area is 90.2 Å². The molecule has 0 atom stereocenters. The lowest BCUT2D eigenvalue weighted by Gasteiger charge is -2.23. The normalized spacial score (nSPS) is 12.2. The van der Waals surface area contributed by atoms with Crippen molar-refractivity contribution in [3.05, 3.63) is 30.5 Å². The van der Waals surface area contributed by atoms with Crippen LogP contribution in [0.1, 0.15) is 39.3 Å². The van der Waals surface area contributed by atoms with Crippen LogP contribution < -0.4 is 0 Å². The third kappa shape index (κ3) is 1.87. The Kier molecular flexibility index (Phi) is 2.47. The Hall–Kier alpha value is -1.38. The van der Waals surface area contributed by atoms with Crippen LogP contribution in [-0.2, 0) is 5.41 Å². The van der Waals surface area contributed by atoms with Gasteiger partial charge in [0.1, 0.15) is 12.0 Å². The number of hydrogen-bond acceptors (Lipinski definition) is 2. The molecular weight excluding hydrogens is 186 g/mol. The zero-order chi connectivity index (χ0) is 10.9. The van der Waals surface area contributed by atoms with Crippen molar-refractivity contribution in [1.29, 1.82) is 0 Å². The minimum absolute atomic E-state index is 0.141. The molecule has 0 N–H and O–H groups in total. The van der Waals surface area contributed by atoms with E-state index in [2.05, 4.69) is 36.8 Å². The molecule has 2 heterocycles. The second-order valence-corrected chi connectivity index (χ2v) is 4.60. The molecule has 3 heteroatoms. The van der Waals surface area contributed by atoms with Crippen molar-refractivity contribution in [2.45, 2.75) is 39.0 Å². The highest BCUT2D eigenvalue weighted by molar-refractivity contribution is 5.40. The van der Waals surface area contributed by atoms with Gasteiger partial charge in [-0.3, -0.25) is 4.40 Å². The third-order valence-corrected chi connectivity index (χ3v) is 2.85. The zero-order valence-corrected chi connectivity index (χ0v) is 9.57. The predicted octanol–water partition coefficient (Wildman–Crippen LogP) is 2.81. The van der Waals surface area contributed by atoms with Crippen molar-refractivity contribution < 1.29 is 0 Å². The fourth-order valence-corrected chi connectivity index (χ4v) is 1.94. The van der Waals surface area contributed by atoms with Gasteiger partial charge >= 0.3 is 0 Å². The molecule has 0 radical (unpaired) electrons. The smallest absolute Gasteiger partial charge is 0.139 e. The molecular formula is C12H17N3. The first-order valence-electron chi connectivity index (χ1n) is 5.42. The molecule has 3 nitrogen and oxygen atoms in total. The summed E-state index contributed by atoms with van der Waals surface area (Å²) in [6, 6.07) is 2.08. The third-order valence-electron chi connectivity index (χ3n) is 2.85. The van der Waals surface area contributed by atoms with Gasteiger partial charge in [0, 0.05) is 23.9 Å². The van der Waals surface area contributed by atoms with Gasteiger partial charge in [-0.25, -0.2) is 9.97 Å². The first-order chi connectivity index (χ1) is 7.13. The molecule has 0 amide bonds. The van der Waals surface area contributed by atoms with E-state index < -0.39 is 0 Å². The summed E-state index contributed by atoms with van der Waals surface area (Å²) >= 11 is 0. The minimum Gasteiger partial charge on any atom is -0.290 e. The lowest BCUT2D eigenvalue weighted by atomic mass is 9.84. The van der Waals surface area contributed by atoms with Gasteiger partial charge in [0.25, 0.3) is 0 Å². The maximum absolute atomic E-state index is 4.49. The molecule has 2 aromatic heterocycles. The minimum atomic E-state index is 0.141. The van der Waals surface area contributed by atoms with Crippen molar-refractivity contribution in [3.63, 3.8) is 0 Å². The van der Waals surface area contributed by atoms with Crippen LogP contribution in [0.15, 0.2) is 24.8 Å². The molecule has 2 aromatic rings. The molecule has 0 bridgehead atoms. The highest BCUT2D eigenvalue weighted by Gasteiger charge is 2.21. The summed E-state index contributed by atoms with van der Waals surface area (Å²) in [5.41, 5.74) is 2.25. The van der Waals surface area contributed by atoms with E-state index in [1.165, 1.54) is 6.42 Å². The lowest BCUT2D eigenvalue weighted by molar-refractivity contribution is 0.459. The summed E-state index contributed by atoms with van der Waals surface area (Å²) in [4.78, 5) is 8.77. The molecule has 0 aliphatic rings. The Morgan fingerprint density at radius 1 is 1.33 bits per heavy atom. The average Bonchev–Trinajstić information content (AvgIpc) is 2.63. The largest absolute Gasteiger partial charge is 0.290 e. The summed E-state index contributed by atoms with van der Waals surface area (Å²) in [7, 11) is 0. The van der Waals surface area contributed by atoms with Crippen LogP contribution in [0.4, 0.5) is 0 Å². The van der Waals surface area contributed by atoms with Gasteiger partial charge in [-0.1, -0.05) is 27.2 Å². The second-order valence-electron chi connectivity index (χ2n) is 4.60. The van der Waals surface area contributed by atoms with Gasteiger partial charge in [-0.05, 0) is 6.42 Å². The summed E-state index contributed by atoms with van der Waals surface area (Å²) in [5, 5.41) is 0. The van der Waals surface area contributed by atoms with Crippen LogP contribution in [0.25, 0.3) is 5.65 Å². The highest BCUT2D eigenvalue weighted by atomic mass is 15.0. The van der Waals surface area contributed by atoms with Gasteiger partial charge in [-0.15, -0.1) is 0 Å². The van der Waals surface area contributed by atoms with Crippen molar-refractivity contribution in [1.82, 2.24) is 14.4 Å². The SMILES string of the molecule is CCCC(C)(C)c1cc2nccn2cn1. The molecule has 15 heavy (non-hydrogen) atoms. The highest BCUT2D eigenvalue weighted by Crippen LogP contribution is 2.26. The maximum Gasteiger partial charge on any atom is 0.139 e. The van der Waals surface area contributed by atoms with Gasteiger partial charge in [0.15, 0.2) is 0 Å². The summed E-state index contributed by atoms with van der Waals surface area (Å²) in [6.45, 7) is 6.67. The standard InChI is InChI=1S/C12H17N3/c1-4-5-12(2,3)10-8-11-13-6-7-15(11)9-14-10/h6-9H,4-5H2,1-3H3. The van der Waals surface area contributed by atoms with E-state index >= 15 is 0 Å². The first kappa shape index (κ1) is 10.1. The first-order valence-corrected chi connectivity index (χ1v) is 5.42. The zero-order valence-electron chi connectivity index (χ0n) is 9.57. The van der Waals surface area contributed by atoms with Crippen LogP contribution >= 0.6 is 0 Å². The average molecular weight is 203 g/mol. The molecule has 0 fully saturated rings. The van der Waals surface area contributed by atoms with Gasteiger partial charge in [0.05, 0.1) is 5.69 Å². The van der Waals surface area contributed by atoms with Crippen molar-refractivity contribution in [2.75, 3.05) is 0 Å². The number of imidazole rings is 1. The molecule has 0 unspecified atom stereocenters. The quantitative estimate of drug-likeness (QED) is 0.767.